The van der Waals surface area contributed by atoms with Crippen LogP contribution in [0.4, 0.5) is 13.2 Å². The minimum absolute atomic E-state index is 0.162. The van der Waals surface area contributed by atoms with Crippen LogP contribution in [0.2, 0.25) is 0 Å². The standard InChI is InChI=1S/C18H16F3NO5S/c1-17(12-3-5-14(6-4-12)26-18(19,20)21)11-16(22-27-17)25-13-7-9-15(10-8-13)28(2,23)24/h3-10H,11H2,1-2H3/t17-/m0/s1. The van der Waals surface area contributed by atoms with Crippen LogP contribution >= 0.6 is 0 Å². The molecular formula is C18H16F3NO5S. The third-order valence-corrected chi connectivity index (χ3v) is 5.15. The van der Waals surface area contributed by atoms with Crippen LogP contribution in [0.25, 0.3) is 0 Å². The Morgan fingerprint density at radius 2 is 1.61 bits per heavy atom. The molecule has 0 spiro atoms. The fraction of sp³-hybridized carbons (Fsp3) is 0.278. The average molecular weight is 415 g/mol. The van der Waals surface area contributed by atoms with Crippen molar-refractivity contribution in [1.82, 2.24) is 0 Å². The normalized spacial score (nSPS) is 19.7. The maximum absolute atomic E-state index is 12.3. The molecule has 3 rings (SSSR count). The summed E-state index contributed by atoms with van der Waals surface area (Å²) in [5, 5.41) is 3.88. The van der Waals surface area contributed by atoms with Gasteiger partial charge < -0.3 is 14.3 Å². The van der Waals surface area contributed by atoms with E-state index in [-0.39, 0.29) is 23.0 Å². The van der Waals surface area contributed by atoms with E-state index in [1.807, 2.05) is 0 Å². The summed E-state index contributed by atoms with van der Waals surface area (Å²) in [5.74, 6) is 0.305. The first kappa shape index (κ1) is 20.0. The van der Waals surface area contributed by atoms with E-state index in [2.05, 4.69) is 9.89 Å². The van der Waals surface area contributed by atoms with Crippen LogP contribution in [0.15, 0.2) is 58.6 Å². The van der Waals surface area contributed by atoms with Crippen molar-refractivity contribution in [2.75, 3.05) is 6.26 Å². The number of oxime groups is 1. The molecule has 0 bridgehead atoms. The molecule has 0 N–H and O–H groups in total. The molecule has 0 saturated carbocycles. The molecule has 150 valence electrons. The van der Waals surface area contributed by atoms with Crippen molar-refractivity contribution < 1.29 is 35.9 Å². The highest BCUT2D eigenvalue weighted by Crippen LogP contribution is 2.36. The first-order valence-electron chi connectivity index (χ1n) is 8.04. The number of hydrogen-bond acceptors (Lipinski definition) is 6. The minimum Gasteiger partial charge on any atom is -0.440 e. The van der Waals surface area contributed by atoms with Crippen molar-refractivity contribution >= 4 is 15.7 Å². The maximum atomic E-state index is 12.3. The van der Waals surface area contributed by atoms with Crippen molar-refractivity contribution in [2.45, 2.75) is 30.2 Å². The summed E-state index contributed by atoms with van der Waals surface area (Å²) >= 11 is 0. The number of benzene rings is 2. The summed E-state index contributed by atoms with van der Waals surface area (Å²) in [5.41, 5.74) is -0.324. The van der Waals surface area contributed by atoms with Crippen molar-refractivity contribution in [3.05, 3.63) is 54.1 Å². The summed E-state index contributed by atoms with van der Waals surface area (Å²) < 4.78 is 69.2. The quantitative estimate of drug-likeness (QED) is 0.754. The lowest BCUT2D eigenvalue weighted by Gasteiger charge is -2.21. The highest BCUT2D eigenvalue weighted by atomic mass is 32.2. The predicted molar refractivity (Wildman–Crippen MR) is 93.8 cm³/mol. The highest BCUT2D eigenvalue weighted by molar-refractivity contribution is 7.90. The van der Waals surface area contributed by atoms with Gasteiger partial charge in [-0.25, -0.2) is 8.42 Å². The lowest BCUT2D eigenvalue weighted by Crippen LogP contribution is -2.23. The molecule has 10 heteroatoms. The van der Waals surface area contributed by atoms with Gasteiger partial charge in [-0.05, 0) is 48.9 Å². The fourth-order valence-corrected chi connectivity index (χ4v) is 3.24. The lowest BCUT2D eigenvalue weighted by molar-refractivity contribution is -0.274. The van der Waals surface area contributed by atoms with Gasteiger partial charge in [-0.1, -0.05) is 17.3 Å². The molecule has 0 amide bonds. The zero-order chi connectivity index (χ0) is 20.6. The largest absolute Gasteiger partial charge is 0.573 e. The molecule has 0 fully saturated rings. The Bertz CT molecular complexity index is 985. The molecular weight excluding hydrogens is 399 g/mol. The SMILES string of the molecule is C[C@@]1(c2ccc(OC(F)(F)F)cc2)CC(Oc2ccc(S(C)(=O)=O)cc2)=NO1. The molecule has 2 aromatic rings. The molecule has 6 nitrogen and oxygen atoms in total. The summed E-state index contributed by atoms with van der Waals surface area (Å²) in [6.07, 6.45) is -3.42. The first-order valence-corrected chi connectivity index (χ1v) is 9.93. The number of ether oxygens (including phenoxy) is 2. The number of rotatable bonds is 4. The lowest BCUT2D eigenvalue weighted by atomic mass is 9.93. The monoisotopic (exact) mass is 415 g/mol. The third kappa shape index (κ3) is 4.75. The third-order valence-electron chi connectivity index (χ3n) is 4.02. The van der Waals surface area contributed by atoms with E-state index in [0.29, 0.717) is 11.3 Å². The maximum Gasteiger partial charge on any atom is 0.573 e. The van der Waals surface area contributed by atoms with Gasteiger partial charge in [0.2, 0.25) is 5.90 Å². The van der Waals surface area contributed by atoms with Crippen LogP contribution < -0.4 is 9.47 Å². The second kappa shape index (κ2) is 7.01. The van der Waals surface area contributed by atoms with Gasteiger partial charge in [0.15, 0.2) is 15.4 Å². The van der Waals surface area contributed by atoms with E-state index in [0.717, 1.165) is 6.26 Å². The van der Waals surface area contributed by atoms with E-state index in [1.165, 1.54) is 48.5 Å². The zero-order valence-corrected chi connectivity index (χ0v) is 15.7. The number of hydrogen-bond donors (Lipinski definition) is 0. The van der Waals surface area contributed by atoms with E-state index < -0.39 is 21.8 Å². The van der Waals surface area contributed by atoms with E-state index >= 15 is 0 Å². The van der Waals surface area contributed by atoms with Crippen LogP contribution in [0.1, 0.15) is 18.9 Å². The topological polar surface area (TPSA) is 74.2 Å². The van der Waals surface area contributed by atoms with Gasteiger partial charge in [-0.2, -0.15) is 0 Å². The van der Waals surface area contributed by atoms with Gasteiger partial charge in [0.1, 0.15) is 11.5 Å². The highest BCUT2D eigenvalue weighted by Gasteiger charge is 2.38. The average Bonchev–Trinajstić information content (AvgIpc) is 2.96. The molecule has 2 aromatic carbocycles. The van der Waals surface area contributed by atoms with Gasteiger partial charge in [0, 0.05) is 6.26 Å². The van der Waals surface area contributed by atoms with Crippen LogP contribution in [0, 0.1) is 0 Å². The Labute approximate surface area is 159 Å². The van der Waals surface area contributed by atoms with Gasteiger partial charge in [-0.3, -0.25) is 0 Å². The molecule has 0 aliphatic carbocycles. The molecule has 28 heavy (non-hydrogen) atoms. The zero-order valence-electron chi connectivity index (χ0n) is 14.9. The van der Waals surface area contributed by atoms with Crippen LogP contribution in [-0.4, -0.2) is 26.9 Å². The Balaban J connectivity index is 1.66. The van der Waals surface area contributed by atoms with E-state index in [1.54, 1.807) is 6.92 Å². The summed E-state index contributed by atoms with van der Waals surface area (Å²) in [6.45, 7) is 1.72. The van der Waals surface area contributed by atoms with Gasteiger partial charge in [0.05, 0.1) is 11.3 Å². The Hall–Kier alpha value is -2.75. The number of nitrogens with zero attached hydrogens (tertiary/aromatic N) is 1. The van der Waals surface area contributed by atoms with Crippen LogP contribution in [0.3, 0.4) is 0 Å². The minimum atomic E-state index is -4.76. The molecule has 0 saturated heterocycles. The van der Waals surface area contributed by atoms with Crippen molar-refractivity contribution in [2.24, 2.45) is 5.16 Å². The van der Waals surface area contributed by atoms with Crippen LogP contribution in [-0.2, 0) is 20.3 Å². The first-order chi connectivity index (χ1) is 12.9. The number of halogens is 3. The van der Waals surface area contributed by atoms with Crippen molar-refractivity contribution in [1.29, 1.82) is 0 Å². The smallest absolute Gasteiger partial charge is 0.440 e. The molecule has 0 aromatic heterocycles. The summed E-state index contributed by atoms with van der Waals surface area (Å²) in [7, 11) is -3.31. The van der Waals surface area contributed by atoms with E-state index in [4.69, 9.17) is 9.57 Å². The molecule has 1 aliphatic rings. The second-order valence-corrected chi connectivity index (χ2v) is 8.42. The second-order valence-electron chi connectivity index (χ2n) is 6.40. The Morgan fingerprint density at radius 3 is 2.14 bits per heavy atom. The van der Waals surface area contributed by atoms with Gasteiger partial charge in [-0.15, -0.1) is 13.2 Å². The molecule has 0 unspecified atom stereocenters. The summed E-state index contributed by atoms with van der Waals surface area (Å²) in [4.78, 5) is 5.60. The van der Waals surface area contributed by atoms with E-state index in [9.17, 15) is 21.6 Å². The summed E-state index contributed by atoms with van der Waals surface area (Å²) in [6, 6.07) is 11.1. The van der Waals surface area contributed by atoms with Gasteiger partial charge in [0.25, 0.3) is 0 Å². The molecule has 1 atom stereocenters. The number of sulfone groups is 1. The Kier molecular flexibility index (Phi) is 5.00. The Morgan fingerprint density at radius 1 is 1.04 bits per heavy atom. The molecule has 1 aliphatic heterocycles. The number of alkyl halides is 3. The van der Waals surface area contributed by atoms with Crippen LogP contribution in [0.5, 0.6) is 11.5 Å². The van der Waals surface area contributed by atoms with Gasteiger partial charge >= 0.3 is 6.36 Å². The fourth-order valence-electron chi connectivity index (χ4n) is 2.61. The predicted octanol–water partition coefficient (Wildman–Crippen LogP) is 4.02. The van der Waals surface area contributed by atoms with Crippen molar-refractivity contribution in [3.8, 4) is 11.5 Å². The van der Waals surface area contributed by atoms with Crippen molar-refractivity contribution in [3.63, 3.8) is 0 Å². The molecule has 0 radical (unpaired) electrons. The molecule has 1 heterocycles.